The highest BCUT2D eigenvalue weighted by Crippen LogP contribution is 2.58. The predicted molar refractivity (Wildman–Crippen MR) is 141 cm³/mol. The van der Waals surface area contributed by atoms with E-state index in [0.717, 1.165) is 27.8 Å². The number of benzene rings is 5. The highest BCUT2D eigenvalue weighted by atomic mass is 35.5. The average Bonchev–Trinajstić information content (AvgIpc) is 3.15. The Bertz CT molecular complexity index is 1460. The normalized spacial score (nSPS) is 13.4. The molecule has 0 aliphatic heterocycles. The lowest BCUT2D eigenvalue weighted by Gasteiger charge is -2.34. The first-order chi connectivity index (χ1) is 16.6. The van der Waals surface area contributed by atoms with Crippen LogP contribution in [0.4, 0.5) is 0 Å². The molecule has 5 aromatic carbocycles. The first kappa shape index (κ1) is 20.8. The predicted octanol–water partition coefficient (Wildman–Crippen LogP) is 8.38. The highest BCUT2D eigenvalue weighted by molar-refractivity contribution is 6.33. The summed E-state index contributed by atoms with van der Waals surface area (Å²) in [6.07, 6.45) is 0. The zero-order valence-corrected chi connectivity index (χ0v) is 19.6. The fourth-order valence-electron chi connectivity index (χ4n) is 5.65. The van der Waals surface area contributed by atoms with E-state index in [2.05, 4.69) is 78.9 Å². The maximum absolute atomic E-state index is 11.4. The SMILES string of the molecule is Cc1cccc(Cl)c1-c1cc2c(cc1O)C(c1ccccc1)(c1ccccc1)c1ccccc1-2. The van der Waals surface area contributed by atoms with Crippen molar-refractivity contribution < 1.29 is 5.11 Å². The van der Waals surface area contributed by atoms with Crippen LogP contribution in [-0.2, 0) is 5.41 Å². The van der Waals surface area contributed by atoms with Crippen molar-refractivity contribution in [3.05, 3.63) is 148 Å². The molecule has 0 atom stereocenters. The third kappa shape index (κ3) is 2.87. The van der Waals surface area contributed by atoms with Gasteiger partial charge >= 0.3 is 0 Å². The van der Waals surface area contributed by atoms with E-state index >= 15 is 0 Å². The number of phenols is 1. The van der Waals surface area contributed by atoms with E-state index in [1.165, 1.54) is 22.3 Å². The van der Waals surface area contributed by atoms with Gasteiger partial charge in [-0.2, -0.15) is 0 Å². The summed E-state index contributed by atoms with van der Waals surface area (Å²) in [4.78, 5) is 0. The summed E-state index contributed by atoms with van der Waals surface area (Å²) in [5, 5.41) is 12.1. The van der Waals surface area contributed by atoms with Gasteiger partial charge < -0.3 is 5.11 Å². The van der Waals surface area contributed by atoms with Gasteiger partial charge in [-0.25, -0.2) is 0 Å². The Morgan fingerprint density at radius 3 is 1.85 bits per heavy atom. The van der Waals surface area contributed by atoms with Crippen LogP contribution < -0.4 is 0 Å². The van der Waals surface area contributed by atoms with Crippen LogP contribution in [0, 0.1) is 6.92 Å². The van der Waals surface area contributed by atoms with E-state index < -0.39 is 5.41 Å². The van der Waals surface area contributed by atoms with E-state index in [-0.39, 0.29) is 5.75 Å². The van der Waals surface area contributed by atoms with E-state index in [4.69, 9.17) is 11.6 Å². The molecule has 0 unspecified atom stereocenters. The Kier molecular flexibility index (Phi) is 4.83. The highest BCUT2D eigenvalue weighted by Gasteiger charge is 2.46. The molecule has 5 aromatic rings. The molecule has 0 saturated carbocycles. The van der Waals surface area contributed by atoms with E-state index in [1.54, 1.807) is 0 Å². The Morgan fingerprint density at radius 1 is 0.588 bits per heavy atom. The molecular weight excluding hydrogens is 436 g/mol. The van der Waals surface area contributed by atoms with Crippen molar-refractivity contribution in [2.24, 2.45) is 0 Å². The molecule has 1 nitrogen and oxygen atoms in total. The van der Waals surface area contributed by atoms with Gasteiger partial charge in [0.15, 0.2) is 0 Å². The molecule has 0 fully saturated rings. The molecule has 0 radical (unpaired) electrons. The number of rotatable bonds is 3. The van der Waals surface area contributed by atoms with Crippen LogP contribution in [0.1, 0.15) is 27.8 Å². The molecule has 0 heterocycles. The number of halogens is 1. The van der Waals surface area contributed by atoms with E-state index in [9.17, 15) is 5.11 Å². The number of aryl methyl sites for hydroxylation is 1. The van der Waals surface area contributed by atoms with Crippen LogP contribution in [0.3, 0.4) is 0 Å². The van der Waals surface area contributed by atoms with Crippen LogP contribution in [0.2, 0.25) is 5.02 Å². The molecule has 2 heteroatoms. The number of aromatic hydroxyl groups is 1. The Morgan fingerprint density at radius 2 is 1.21 bits per heavy atom. The number of phenolic OH excluding ortho intramolecular Hbond substituents is 1. The molecule has 164 valence electrons. The Labute approximate surface area is 204 Å². The molecule has 0 aromatic heterocycles. The maximum Gasteiger partial charge on any atom is 0.123 e. The van der Waals surface area contributed by atoms with Gasteiger partial charge in [-0.05, 0) is 64.1 Å². The van der Waals surface area contributed by atoms with Crippen LogP contribution >= 0.6 is 11.6 Å². The minimum Gasteiger partial charge on any atom is -0.507 e. The zero-order chi connectivity index (χ0) is 23.3. The minimum absolute atomic E-state index is 0.235. The summed E-state index contributed by atoms with van der Waals surface area (Å²) in [7, 11) is 0. The fourth-order valence-corrected chi connectivity index (χ4v) is 5.97. The Balaban J connectivity index is 1.75. The van der Waals surface area contributed by atoms with Gasteiger partial charge in [0.25, 0.3) is 0 Å². The quantitative estimate of drug-likeness (QED) is 0.282. The van der Waals surface area contributed by atoms with Gasteiger partial charge in [0.1, 0.15) is 5.75 Å². The zero-order valence-electron chi connectivity index (χ0n) is 18.8. The van der Waals surface area contributed by atoms with Gasteiger partial charge in [0.2, 0.25) is 0 Å². The molecule has 1 N–H and O–H groups in total. The summed E-state index contributed by atoms with van der Waals surface area (Å²) in [6, 6.07) is 39.7. The molecule has 0 spiro atoms. The van der Waals surface area contributed by atoms with Crippen LogP contribution in [-0.4, -0.2) is 5.11 Å². The molecule has 6 rings (SSSR count). The second-order valence-electron chi connectivity index (χ2n) is 8.87. The second-order valence-corrected chi connectivity index (χ2v) is 9.28. The third-order valence-electron chi connectivity index (χ3n) is 7.07. The molecule has 0 amide bonds. The molecule has 1 aliphatic carbocycles. The maximum atomic E-state index is 11.4. The van der Waals surface area contributed by atoms with E-state index in [0.29, 0.717) is 5.02 Å². The lowest BCUT2D eigenvalue weighted by molar-refractivity contribution is 0.476. The van der Waals surface area contributed by atoms with Gasteiger partial charge in [0, 0.05) is 16.1 Å². The van der Waals surface area contributed by atoms with Crippen molar-refractivity contribution in [2.45, 2.75) is 12.3 Å². The topological polar surface area (TPSA) is 20.2 Å². The van der Waals surface area contributed by atoms with Gasteiger partial charge in [-0.3, -0.25) is 0 Å². The van der Waals surface area contributed by atoms with Crippen molar-refractivity contribution in [2.75, 3.05) is 0 Å². The third-order valence-corrected chi connectivity index (χ3v) is 7.38. The fraction of sp³-hybridized carbons (Fsp3) is 0.0625. The summed E-state index contributed by atoms with van der Waals surface area (Å²) in [5.41, 5.74) is 9.08. The first-order valence-corrected chi connectivity index (χ1v) is 11.8. The number of fused-ring (bicyclic) bond motifs is 3. The smallest absolute Gasteiger partial charge is 0.123 e. The Hall–Kier alpha value is -3.81. The molecule has 1 aliphatic rings. The number of hydrogen-bond donors (Lipinski definition) is 1. The van der Waals surface area contributed by atoms with Crippen molar-refractivity contribution in [3.8, 4) is 28.0 Å². The molecular formula is C32H23ClO. The van der Waals surface area contributed by atoms with Crippen LogP contribution in [0.25, 0.3) is 22.3 Å². The van der Waals surface area contributed by atoms with Gasteiger partial charge in [-0.1, -0.05) is 109 Å². The second kappa shape index (κ2) is 7.90. The monoisotopic (exact) mass is 458 g/mol. The summed E-state index contributed by atoms with van der Waals surface area (Å²) < 4.78 is 0. The van der Waals surface area contributed by atoms with Crippen molar-refractivity contribution in [1.82, 2.24) is 0 Å². The molecule has 0 bridgehead atoms. The first-order valence-electron chi connectivity index (χ1n) is 11.5. The summed E-state index contributed by atoms with van der Waals surface area (Å²) >= 11 is 6.62. The molecule has 34 heavy (non-hydrogen) atoms. The number of hydrogen-bond acceptors (Lipinski definition) is 1. The summed E-state index contributed by atoms with van der Waals surface area (Å²) in [6.45, 7) is 2.03. The van der Waals surface area contributed by atoms with Crippen LogP contribution in [0.5, 0.6) is 5.75 Å². The van der Waals surface area contributed by atoms with E-state index in [1.807, 2.05) is 43.3 Å². The van der Waals surface area contributed by atoms with Crippen molar-refractivity contribution in [1.29, 1.82) is 0 Å². The van der Waals surface area contributed by atoms with Gasteiger partial charge in [-0.15, -0.1) is 0 Å². The lowest BCUT2D eigenvalue weighted by atomic mass is 9.67. The average molecular weight is 459 g/mol. The van der Waals surface area contributed by atoms with Crippen molar-refractivity contribution >= 4 is 11.6 Å². The van der Waals surface area contributed by atoms with Gasteiger partial charge in [0.05, 0.1) is 5.41 Å². The standard InChI is InChI=1S/C32H23ClO/c1-21-11-10-18-29(33)31(21)26-19-25-24-16-8-9-17-27(24)32(28(25)20-30(26)34,22-12-4-2-5-13-22)23-14-6-3-7-15-23/h2-20,34H,1H3. The minimum atomic E-state index is -0.528. The van der Waals surface area contributed by atoms with Crippen LogP contribution in [0.15, 0.2) is 115 Å². The van der Waals surface area contributed by atoms with Crippen molar-refractivity contribution in [3.63, 3.8) is 0 Å². The largest absolute Gasteiger partial charge is 0.507 e. The molecule has 0 saturated heterocycles. The summed E-state index contributed by atoms with van der Waals surface area (Å²) in [5.74, 6) is 0.235. The lowest BCUT2D eigenvalue weighted by Crippen LogP contribution is -2.28.